The topological polar surface area (TPSA) is 36.1 Å². The lowest BCUT2D eigenvalue weighted by molar-refractivity contribution is 0.669. The Morgan fingerprint density at radius 3 is 1.16 bits per heavy atom. The Balaban J connectivity index is 0.0000000940. The SMILES string of the molecule is C1=CC2=C(CC1)C1=CC(c3ccc4c(c3)c3ccccc3n4-c3ccccc3)=CCC1S2.C1=CC2c3cc(C4=CCC5SC6=C(CCC=C6)C5=C4)ccc3N(c3cccc(-c4ccccc4)c3)C2C=C1.c1ccc(-n2c3ccccc3c3cc(-c4ccc5c6ccccc6n(-c6ccccc6)c5c4)ccc32)cc1.c1ccc(-n2c3ccccc3c3cc(-c4ccc5oc6ccccc6c5c4)ccc32)cc1. The van der Waals surface area contributed by atoms with Crippen LogP contribution in [0.3, 0.4) is 0 Å². The van der Waals surface area contributed by atoms with E-state index in [1.165, 1.54) is 218 Å². The van der Waals surface area contributed by atoms with Crippen LogP contribution in [0.1, 0.15) is 61.1 Å². The molecule has 5 aromatic heterocycles. The summed E-state index contributed by atoms with van der Waals surface area (Å²) in [6, 6.07) is 147. The third-order valence-electron chi connectivity index (χ3n) is 29.7. The Labute approximate surface area is 821 Å². The van der Waals surface area contributed by atoms with Crippen LogP contribution in [0.2, 0.25) is 0 Å². The number of nitrogens with zero attached hydrogens (tertiary/aromatic N) is 5. The van der Waals surface area contributed by atoms with Gasteiger partial charge in [0.2, 0.25) is 0 Å². The highest BCUT2D eigenvalue weighted by molar-refractivity contribution is 8.04. The van der Waals surface area contributed by atoms with E-state index < -0.39 is 0 Å². The third kappa shape index (κ3) is 14.5. The van der Waals surface area contributed by atoms with Crippen LogP contribution in [-0.2, 0) is 0 Å². The predicted octanol–water partition coefficient (Wildman–Crippen LogP) is 35.6. The third-order valence-corrected chi connectivity index (χ3v) is 32.4. The fourth-order valence-corrected chi connectivity index (χ4v) is 25.9. The highest BCUT2D eigenvalue weighted by atomic mass is 32.2. The molecule has 0 N–H and O–H groups in total. The van der Waals surface area contributed by atoms with Crippen LogP contribution in [0.15, 0.2) is 516 Å². The molecule has 17 aromatic carbocycles. The largest absolute Gasteiger partial charge is 0.456 e. The van der Waals surface area contributed by atoms with Crippen molar-refractivity contribution in [2.45, 2.75) is 61.0 Å². The molecule has 666 valence electrons. The van der Waals surface area contributed by atoms with Crippen molar-refractivity contribution in [3.05, 3.63) is 528 Å². The van der Waals surface area contributed by atoms with Gasteiger partial charge in [0.25, 0.3) is 0 Å². The maximum Gasteiger partial charge on any atom is 0.135 e. The van der Waals surface area contributed by atoms with Gasteiger partial charge in [-0.1, -0.05) is 322 Å². The fourth-order valence-electron chi connectivity index (χ4n) is 23.2. The minimum absolute atomic E-state index is 0.298. The van der Waals surface area contributed by atoms with E-state index in [2.05, 4.69) is 514 Å². The summed E-state index contributed by atoms with van der Waals surface area (Å²) in [6.45, 7) is 0. The molecular formula is C132H95N5OS2. The van der Waals surface area contributed by atoms with Crippen molar-refractivity contribution in [3.63, 3.8) is 0 Å². The molecule has 0 radical (unpaired) electrons. The van der Waals surface area contributed by atoms with Crippen molar-refractivity contribution in [2.75, 3.05) is 4.90 Å². The maximum atomic E-state index is 6.02. The van der Waals surface area contributed by atoms with E-state index in [1.807, 2.05) is 12.1 Å². The molecule has 0 amide bonds. The zero-order valence-corrected chi connectivity index (χ0v) is 78.8. The molecule has 4 atom stereocenters. The van der Waals surface area contributed by atoms with Crippen LogP contribution < -0.4 is 4.90 Å². The second kappa shape index (κ2) is 35.0. The summed E-state index contributed by atoms with van der Waals surface area (Å²) >= 11 is 4.12. The normalized spacial score (nSPS) is 17.0. The Kier molecular flexibility index (Phi) is 20.8. The summed E-state index contributed by atoms with van der Waals surface area (Å²) in [4.78, 5) is 5.55. The standard InChI is InChI=1S/C36H24N2.C36H29NS.C30H19NO.C30H23NS/c1-3-11-27(12-4-1)37-34-18-10-8-16-30(34)32-23-25(20-22-35(32)37)26-19-21-31-29-15-7-9-17-33(29)38(36(31)24-26)28-13-5-2-6-14-28;1-2-9-24(10-3-1)25-11-8-12-28(21-25)37-33-15-6-4-13-29(33)31-22-26(17-19-34(31)37)27-18-20-36-32(23-27)30-14-5-7-16-35(30)38-36;2*1-2-8-22(9-3-1)31-27-12-6-4-10-23(27)25-18-20(14-16-28(25)31)21-15-17-30-26(19-21)24-11-5-7-13-29(24)32-30/h1-24H;1-4,6-13,15-19,21-23,29,33,36H,5,14,20H2;1-19H;1-4,6-10,12-16,18-19,30H,5,11,17H2. The summed E-state index contributed by atoms with van der Waals surface area (Å²) < 4.78 is 15.5. The van der Waals surface area contributed by atoms with Gasteiger partial charge in [0.1, 0.15) is 11.2 Å². The van der Waals surface area contributed by atoms with E-state index in [0.29, 0.717) is 22.5 Å². The lowest BCUT2D eigenvalue weighted by Crippen LogP contribution is -2.28. The second-order valence-electron chi connectivity index (χ2n) is 37.6. The van der Waals surface area contributed by atoms with Gasteiger partial charge in [0.15, 0.2) is 0 Å². The molecule has 0 bridgehead atoms. The van der Waals surface area contributed by atoms with Gasteiger partial charge in [-0.15, -0.1) is 23.5 Å². The van der Waals surface area contributed by atoms with Crippen LogP contribution in [0.4, 0.5) is 11.4 Å². The van der Waals surface area contributed by atoms with Crippen LogP contribution >= 0.6 is 23.5 Å². The van der Waals surface area contributed by atoms with Crippen molar-refractivity contribution in [1.29, 1.82) is 0 Å². The number of thioether (sulfide) groups is 2. The quantitative estimate of drug-likeness (QED) is 0.137. The van der Waals surface area contributed by atoms with Gasteiger partial charge in [0, 0.05) is 114 Å². The molecule has 0 spiro atoms. The molecule has 8 heterocycles. The molecule has 0 saturated carbocycles. The number of benzene rings is 17. The molecule has 5 aliphatic carbocycles. The van der Waals surface area contributed by atoms with Gasteiger partial charge in [-0.05, 0) is 280 Å². The second-order valence-corrected chi connectivity index (χ2v) is 40.1. The molecule has 0 saturated heterocycles. The van der Waals surface area contributed by atoms with Gasteiger partial charge in [-0.25, -0.2) is 0 Å². The monoisotopic (exact) mass is 1830 g/mol. The number of rotatable bonds is 10. The molecular weight excluding hydrogens is 1740 g/mol. The number of hydrogen-bond acceptors (Lipinski definition) is 4. The number of allylic oxidation sites excluding steroid dienone is 14. The van der Waals surface area contributed by atoms with Gasteiger partial charge in [-0.2, -0.15) is 0 Å². The Hall–Kier alpha value is -16.4. The van der Waals surface area contributed by atoms with Crippen LogP contribution in [-0.4, -0.2) is 34.8 Å². The van der Waals surface area contributed by atoms with Crippen LogP contribution in [0, 0.1) is 0 Å². The van der Waals surface area contributed by atoms with Crippen LogP contribution in [0.25, 0.3) is 176 Å². The Morgan fingerprint density at radius 1 is 0.264 bits per heavy atom. The predicted molar refractivity (Wildman–Crippen MR) is 595 cm³/mol. The molecule has 140 heavy (non-hydrogen) atoms. The summed E-state index contributed by atoms with van der Waals surface area (Å²) in [5.74, 6) is 0.361. The first kappa shape index (κ1) is 83.0. The van der Waals surface area contributed by atoms with Crippen molar-refractivity contribution >= 4 is 155 Å². The fraction of sp³-hybridized carbons (Fsp3) is 0.0758. The molecule has 6 nitrogen and oxygen atoms in total. The van der Waals surface area contributed by atoms with E-state index in [9.17, 15) is 0 Å². The molecule has 4 unspecified atom stereocenters. The number of anilines is 2. The molecule has 0 fully saturated rings. The number of fused-ring (bicyclic) bond motifs is 22. The highest BCUT2D eigenvalue weighted by Crippen LogP contribution is 2.55. The molecule has 22 aromatic rings. The zero-order valence-electron chi connectivity index (χ0n) is 77.1. The molecule has 8 aliphatic rings. The summed E-state index contributed by atoms with van der Waals surface area (Å²) in [5, 5.41) is 13.8. The van der Waals surface area contributed by atoms with Crippen molar-refractivity contribution in [1.82, 2.24) is 18.3 Å². The van der Waals surface area contributed by atoms with E-state index in [4.69, 9.17) is 4.42 Å². The number of aromatic nitrogens is 4. The van der Waals surface area contributed by atoms with Gasteiger partial charge in [-0.3, -0.25) is 0 Å². The lowest BCUT2D eigenvalue weighted by atomic mass is 9.85. The van der Waals surface area contributed by atoms with E-state index >= 15 is 0 Å². The van der Waals surface area contributed by atoms with Gasteiger partial charge >= 0.3 is 0 Å². The van der Waals surface area contributed by atoms with Gasteiger partial charge in [0.05, 0.1) is 50.2 Å². The number of hydrogen-bond donors (Lipinski definition) is 0. The molecule has 30 rings (SSSR count). The minimum atomic E-state index is 0.298. The summed E-state index contributed by atoms with van der Waals surface area (Å²) in [7, 11) is 0. The Bertz CT molecular complexity index is 9130. The minimum Gasteiger partial charge on any atom is -0.456 e. The first-order valence-electron chi connectivity index (χ1n) is 49.1. The summed E-state index contributed by atoms with van der Waals surface area (Å²) in [6.07, 6.45) is 35.4. The van der Waals surface area contributed by atoms with Gasteiger partial charge < -0.3 is 27.6 Å². The average molecular weight is 1830 g/mol. The first-order valence-corrected chi connectivity index (χ1v) is 50.9. The van der Waals surface area contributed by atoms with Crippen molar-refractivity contribution in [2.24, 2.45) is 0 Å². The smallest absolute Gasteiger partial charge is 0.135 e. The average Bonchev–Trinajstić information content (AvgIpc) is 1.59. The number of para-hydroxylation sites is 9. The lowest BCUT2D eigenvalue weighted by Gasteiger charge is -2.29. The van der Waals surface area contributed by atoms with Crippen molar-refractivity contribution in [3.8, 4) is 56.1 Å². The van der Waals surface area contributed by atoms with E-state index in [0.717, 1.165) is 34.8 Å². The maximum absolute atomic E-state index is 6.02. The van der Waals surface area contributed by atoms with Crippen LogP contribution in [0.5, 0.6) is 0 Å². The van der Waals surface area contributed by atoms with E-state index in [1.54, 1.807) is 22.3 Å². The zero-order chi connectivity index (χ0) is 92.2. The van der Waals surface area contributed by atoms with E-state index in [-0.39, 0.29) is 0 Å². The highest BCUT2D eigenvalue weighted by Gasteiger charge is 2.39. The Morgan fingerprint density at radius 2 is 0.636 bits per heavy atom. The molecule has 8 heteroatoms. The summed E-state index contributed by atoms with van der Waals surface area (Å²) in [5.41, 5.74) is 39.6. The first-order chi connectivity index (χ1) is 69.4. The molecule has 3 aliphatic heterocycles. The number of furan rings is 1. The van der Waals surface area contributed by atoms with Crippen molar-refractivity contribution < 1.29 is 4.42 Å².